The van der Waals surface area contributed by atoms with Gasteiger partial charge in [0.05, 0.1) is 5.69 Å². The lowest BCUT2D eigenvalue weighted by molar-refractivity contribution is 0.247. The van der Waals surface area contributed by atoms with E-state index in [2.05, 4.69) is 59.0 Å². The zero-order valence-electron chi connectivity index (χ0n) is 18.2. The van der Waals surface area contributed by atoms with Crippen LogP contribution in [-0.4, -0.2) is 52.0 Å². The zero-order chi connectivity index (χ0) is 21.1. The van der Waals surface area contributed by atoms with Crippen molar-refractivity contribution in [3.05, 3.63) is 75.8 Å². The summed E-state index contributed by atoms with van der Waals surface area (Å²) in [6, 6.07) is 14.3. The van der Waals surface area contributed by atoms with E-state index in [-0.39, 0.29) is 5.56 Å². The lowest BCUT2D eigenvalue weighted by atomic mass is 10.2. The maximum absolute atomic E-state index is 12.5. The number of piperazine rings is 1. The maximum atomic E-state index is 12.5. The quantitative estimate of drug-likeness (QED) is 0.632. The second-order valence-corrected chi connectivity index (χ2v) is 8.27. The van der Waals surface area contributed by atoms with Gasteiger partial charge in [-0.2, -0.15) is 0 Å². The van der Waals surface area contributed by atoms with E-state index < -0.39 is 0 Å². The van der Waals surface area contributed by atoms with Crippen molar-refractivity contribution in [2.75, 3.05) is 37.6 Å². The Balaban J connectivity index is 1.34. The van der Waals surface area contributed by atoms with Crippen LogP contribution in [0.15, 0.2) is 53.5 Å². The number of benzene rings is 1. The fourth-order valence-electron chi connectivity index (χ4n) is 4.18. The first kappa shape index (κ1) is 20.4. The summed E-state index contributed by atoms with van der Waals surface area (Å²) in [5, 5.41) is 0. The van der Waals surface area contributed by atoms with Crippen LogP contribution in [0, 0.1) is 20.8 Å². The Morgan fingerprint density at radius 2 is 1.60 bits per heavy atom. The topological polar surface area (TPSA) is 46.3 Å². The minimum absolute atomic E-state index is 0.0726. The monoisotopic (exact) mass is 405 g/mol. The number of aryl methyl sites for hydroxylation is 3. The number of aromatic nitrogens is 3. The highest BCUT2D eigenvalue weighted by Gasteiger charge is 2.18. The molecule has 6 nitrogen and oxygen atoms in total. The molecule has 1 aromatic carbocycles. The Morgan fingerprint density at radius 1 is 0.867 bits per heavy atom. The van der Waals surface area contributed by atoms with Crippen molar-refractivity contribution in [3.8, 4) is 5.69 Å². The molecule has 3 aromatic rings. The smallest absolute Gasteiger partial charge is 0.267 e. The number of hydrogen-bond acceptors (Lipinski definition) is 4. The van der Waals surface area contributed by atoms with Crippen LogP contribution in [0.5, 0.6) is 0 Å². The molecule has 0 spiro atoms. The van der Waals surface area contributed by atoms with E-state index in [4.69, 9.17) is 0 Å². The van der Waals surface area contributed by atoms with Gasteiger partial charge in [0.25, 0.3) is 5.56 Å². The van der Waals surface area contributed by atoms with Crippen molar-refractivity contribution in [1.82, 2.24) is 19.2 Å². The molecule has 1 saturated heterocycles. The molecule has 0 saturated carbocycles. The van der Waals surface area contributed by atoms with Crippen LogP contribution < -0.4 is 10.5 Å². The van der Waals surface area contributed by atoms with E-state index in [1.54, 1.807) is 6.07 Å². The number of hydrogen-bond donors (Lipinski definition) is 0. The third kappa shape index (κ3) is 4.49. The van der Waals surface area contributed by atoms with Crippen molar-refractivity contribution in [1.29, 1.82) is 0 Å². The molecule has 0 amide bonds. The summed E-state index contributed by atoms with van der Waals surface area (Å²) in [5.74, 6) is 1.08. The summed E-state index contributed by atoms with van der Waals surface area (Å²) >= 11 is 0. The minimum atomic E-state index is 0.0726. The molecule has 158 valence electrons. The predicted octanol–water partition coefficient (Wildman–Crippen LogP) is 3.17. The number of rotatable bonds is 6. The Bertz CT molecular complexity index is 1040. The van der Waals surface area contributed by atoms with Crippen LogP contribution in [-0.2, 0) is 6.54 Å². The summed E-state index contributed by atoms with van der Waals surface area (Å²) in [5.41, 5.74) is 4.56. The van der Waals surface area contributed by atoms with Gasteiger partial charge in [-0.25, -0.2) is 9.67 Å². The molecule has 1 aliphatic heterocycles. The van der Waals surface area contributed by atoms with Crippen LogP contribution in [0.1, 0.15) is 23.2 Å². The van der Waals surface area contributed by atoms with Gasteiger partial charge in [0.2, 0.25) is 0 Å². The highest BCUT2D eigenvalue weighted by atomic mass is 16.1. The third-order valence-corrected chi connectivity index (χ3v) is 5.88. The Kier molecular flexibility index (Phi) is 6.04. The van der Waals surface area contributed by atoms with Crippen molar-refractivity contribution >= 4 is 5.82 Å². The first-order chi connectivity index (χ1) is 14.5. The Hall–Kier alpha value is -2.86. The van der Waals surface area contributed by atoms with Gasteiger partial charge < -0.3 is 4.90 Å². The van der Waals surface area contributed by atoms with E-state index in [1.807, 2.05) is 28.6 Å². The molecule has 6 heteroatoms. The molecule has 2 aromatic heterocycles. The molecule has 0 N–H and O–H groups in total. The van der Waals surface area contributed by atoms with Gasteiger partial charge in [-0.1, -0.05) is 17.7 Å². The standard InChI is InChI=1S/C24H31N5O/c1-19-5-7-22(8-6-19)29-21(3)18-24(30)28(29)12-4-11-26-13-15-27(16-14-26)23-17-20(2)9-10-25-23/h5-10,17-18H,4,11-16H2,1-3H3. The largest absolute Gasteiger partial charge is 0.354 e. The minimum Gasteiger partial charge on any atom is -0.354 e. The van der Waals surface area contributed by atoms with Crippen LogP contribution in [0.4, 0.5) is 5.82 Å². The van der Waals surface area contributed by atoms with Gasteiger partial charge in [0.15, 0.2) is 0 Å². The number of pyridine rings is 1. The second kappa shape index (κ2) is 8.88. The summed E-state index contributed by atoms with van der Waals surface area (Å²) in [4.78, 5) is 21.9. The van der Waals surface area contributed by atoms with Gasteiger partial charge in [-0.05, 0) is 57.0 Å². The van der Waals surface area contributed by atoms with Crippen LogP contribution in [0.25, 0.3) is 5.69 Å². The number of anilines is 1. The molecule has 0 bridgehead atoms. The first-order valence-corrected chi connectivity index (χ1v) is 10.8. The van der Waals surface area contributed by atoms with Crippen LogP contribution in [0.3, 0.4) is 0 Å². The Morgan fingerprint density at radius 3 is 2.30 bits per heavy atom. The average Bonchev–Trinajstić information content (AvgIpc) is 3.02. The second-order valence-electron chi connectivity index (χ2n) is 8.27. The van der Waals surface area contributed by atoms with Crippen molar-refractivity contribution in [2.45, 2.75) is 33.7 Å². The molecule has 30 heavy (non-hydrogen) atoms. The fourth-order valence-corrected chi connectivity index (χ4v) is 4.18. The lowest BCUT2D eigenvalue weighted by Crippen LogP contribution is -2.47. The lowest BCUT2D eigenvalue weighted by Gasteiger charge is -2.35. The van der Waals surface area contributed by atoms with E-state index in [0.29, 0.717) is 0 Å². The van der Waals surface area contributed by atoms with Gasteiger partial charge in [-0.15, -0.1) is 0 Å². The van der Waals surface area contributed by atoms with E-state index >= 15 is 0 Å². The van der Waals surface area contributed by atoms with Crippen molar-refractivity contribution in [2.24, 2.45) is 0 Å². The van der Waals surface area contributed by atoms with Crippen LogP contribution in [0.2, 0.25) is 0 Å². The highest BCUT2D eigenvalue weighted by Crippen LogP contribution is 2.15. The molecule has 1 fully saturated rings. The third-order valence-electron chi connectivity index (χ3n) is 5.88. The van der Waals surface area contributed by atoms with Gasteiger partial charge in [0.1, 0.15) is 5.82 Å². The van der Waals surface area contributed by atoms with Crippen LogP contribution >= 0.6 is 0 Å². The zero-order valence-corrected chi connectivity index (χ0v) is 18.2. The molecule has 0 aliphatic carbocycles. The summed E-state index contributed by atoms with van der Waals surface area (Å²) < 4.78 is 3.91. The van der Waals surface area contributed by atoms with Gasteiger partial charge in [-0.3, -0.25) is 14.4 Å². The highest BCUT2D eigenvalue weighted by molar-refractivity contribution is 5.41. The molecule has 0 atom stereocenters. The molecule has 0 radical (unpaired) electrons. The molecule has 0 unspecified atom stereocenters. The molecular formula is C24H31N5O. The summed E-state index contributed by atoms with van der Waals surface area (Å²) in [6.45, 7) is 12.0. The van der Waals surface area contributed by atoms with Crippen molar-refractivity contribution < 1.29 is 0 Å². The molecule has 4 rings (SSSR count). The van der Waals surface area contributed by atoms with Gasteiger partial charge >= 0.3 is 0 Å². The summed E-state index contributed by atoms with van der Waals surface area (Å²) in [7, 11) is 0. The first-order valence-electron chi connectivity index (χ1n) is 10.8. The SMILES string of the molecule is Cc1ccc(-n2c(C)cc(=O)n2CCCN2CCN(c3cc(C)ccn3)CC2)cc1. The van der Waals surface area contributed by atoms with E-state index in [9.17, 15) is 4.79 Å². The fraction of sp³-hybridized carbons (Fsp3) is 0.417. The van der Waals surface area contributed by atoms with Gasteiger partial charge in [0, 0.05) is 57.2 Å². The molecular weight excluding hydrogens is 374 g/mol. The molecule has 3 heterocycles. The average molecular weight is 406 g/mol. The van der Waals surface area contributed by atoms with E-state index in [0.717, 1.165) is 62.9 Å². The Labute approximate surface area is 178 Å². The summed E-state index contributed by atoms with van der Waals surface area (Å²) in [6.07, 6.45) is 2.85. The van der Waals surface area contributed by atoms with Crippen molar-refractivity contribution in [3.63, 3.8) is 0 Å². The van der Waals surface area contributed by atoms with E-state index in [1.165, 1.54) is 11.1 Å². The molecule has 1 aliphatic rings. The number of nitrogens with zero attached hydrogens (tertiary/aromatic N) is 5. The predicted molar refractivity (Wildman–Crippen MR) is 122 cm³/mol. The maximum Gasteiger partial charge on any atom is 0.267 e. The normalized spacial score (nSPS) is 15.0.